The Hall–Kier alpha value is -4.09. The van der Waals surface area contributed by atoms with Crippen LogP contribution in [0.3, 0.4) is 0 Å². The number of nitrogens with one attached hydrogen (secondary N) is 3. The maximum absolute atomic E-state index is 13.1. The van der Waals surface area contributed by atoms with Crippen molar-refractivity contribution in [3.8, 4) is 0 Å². The van der Waals surface area contributed by atoms with E-state index in [0.29, 0.717) is 51.6 Å². The number of nitrogens with zero attached hydrogens (tertiary/aromatic N) is 1. The molecular weight excluding hydrogens is 492 g/mol. The molecule has 0 radical (unpaired) electrons. The van der Waals surface area contributed by atoms with E-state index in [0.717, 1.165) is 10.5 Å². The molecule has 2 aliphatic rings. The molecule has 2 aromatic rings. The molecule has 1 atom stereocenters. The Morgan fingerprint density at radius 1 is 0.895 bits per heavy atom. The van der Waals surface area contributed by atoms with Crippen LogP contribution >= 0.6 is 0 Å². The number of carbonyl (C=O) groups excluding carboxylic acids is 5. The third-order valence-electron chi connectivity index (χ3n) is 6.18. The lowest BCUT2D eigenvalue weighted by molar-refractivity contribution is -0.136. The lowest BCUT2D eigenvalue weighted by Crippen LogP contribution is -2.54. The highest BCUT2D eigenvalue weighted by molar-refractivity contribution is 6.25. The van der Waals surface area contributed by atoms with Crippen molar-refractivity contribution in [3.63, 3.8) is 0 Å². The summed E-state index contributed by atoms with van der Waals surface area (Å²) in [6.45, 7) is 2.22. The van der Waals surface area contributed by atoms with Crippen LogP contribution in [0.25, 0.3) is 0 Å². The van der Waals surface area contributed by atoms with E-state index in [9.17, 15) is 24.0 Å². The number of hydrogen-bond acceptors (Lipinski definition) is 8. The number of carbonyl (C=O) groups is 5. The van der Waals surface area contributed by atoms with Gasteiger partial charge in [-0.25, -0.2) is 0 Å². The zero-order valence-corrected chi connectivity index (χ0v) is 20.9. The molecule has 2 aromatic carbocycles. The van der Waals surface area contributed by atoms with E-state index in [1.54, 1.807) is 18.2 Å². The van der Waals surface area contributed by atoms with Gasteiger partial charge in [0.15, 0.2) is 0 Å². The SMILES string of the molecule is O=C(Cc1ccccc1)NCCOCCOCCNc1cccc2c1C(=O)N(C1CCC(=O)NC1=O)C2=O. The Balaban J connectivity index is 1.13. The summed E-state index contributed by atoms with van der Waals surface area (Å²) in [5.74, 6) is -2.23. The van der Waals surface area contributed by atoms with Crippen LogP contribution in [-0.2, 0) is 30.3 Å². The van der Waals surface area contributed by atoms with Crippen LogP contribution in [0.2, 0.25) is 0 Å². The van der Waals surface area contributed by atoms with Gasteiger partial charge in [-0.05, 0) is 24.1 Å². The fraction of sp³-hybridized carbons (Fsp3) is 0.370. The van der Waals surface area contributed by atoms with Gasteiger partial charge in [-0.1, -0.05) is 36.4 Å². The molecular formula is C27H30N4O7. The number of amides is 5. The molecule has 11 nitrogen and oxygen atoms in total. The largest absolute Gasteiger partial charge is 0.382 e. The number of anilines is 1. The van der Waals surface area contributed by atoms with Crippen LogP contribution in [0.5, 0.6) is 0 Å². The first-order valence-corrected chi connectivity index (χ1v) is 12.5. The van der Waals surface area contributed by atoms with Gasteiger partial charge in [0.05, 0.1) is 44.0 Å². The molecule has 1 saturated heterocycles. The third kappa shape index (κ3) is 6.61. The van der Waals surface area contributed by atoms with Crippen molar-refractivity contribution in [2.24, 2.45) is 0 Å². The summed E-state index contributed by atoms with van der Waals surface area (Å²) < 4.78 is 11.0. The first kappa shape index (κ1) is 27.0. The molecule has 38 heavy (non-hydrogen) atoms. The summed E-state index contributed by atoms with van der Waals surface area (Å²) >= 11 is 0. The van der Waals surface area contributed by atoms with Crippen LogP contribution in [0, 0.1) is 0 Å². The molecule has 2 aliphatic heterocycles. The molecule has 1 fully saturated rings. The molecule has 0 bridgehead atoms. The average molecular weight is 523 g/mol. The Morgan fingerprint density at radius 3 is 2.37 bits per heavy atom. The topological polar surface area (TPSA) is 143 Å². The van der Waals surface area contributed by atoms with E-state index in [4.69, 9.17) is 9.47 Å². The fourth-order valence-electron chi connectivity index (χ4n) is 4.35. The van der Waals surface area contributed by atoms with Crippen molar-refractivity contribution in [2.75, 3.05) is 44.8 Å². The molecule has 0 spiro atoms. The fourth-order valence-corrected chi connectivity index (χ4v) is 4.35. The Bertz CT molecular complexity index is 1200. The van der Waals surface area contributed by atoms with Crippen molar-refractivity contribution in [3.05, 3.63) is 65.2 Å². The summed E-state index contributed by atoms with van der Waals surface area (Å²) in [5, 5.41) is 8.11. The van der Waals surface area contributed by atoms with Crippen molar-refractivity contribution >= 4 is 35.2 Å². The standard InChI is InChI=1S/C27H30N4O7/c32-22-10-9-21(25(34)30-22)31-26(35)19-7-4-8-20(24(19)27(31)36)28-11-13-37-15-16-38-14-12-29-23(33)17-18-5-2-1-3-6-18/h1-8,21,28H,9-17H2,(H,29,33)(H,30,32,34). The predicted octanol–water partition coefficient (Wildman–Crippen LogP) is 0.892. The molecule has 0 aliphatic carbocycles. The van der Waals surface area contributed by atoms with E-state index in [2.05, 4.69) is 16.0 Å². The quantitative estimate of drug-likeness (QED) is 0.260. The Morgan fingerprint density at radius 2 is 1.63 bits per heavy atom. The molecule has 4 rings (SSSR count). The second-order valence-electron chi connectivity index (χ2n) is 8.84. The van der Waals surface area contributed by atoms with Crippen molar-refractivity contribution in [1.82, 2.24) is 15.5 Å². The maximum atomic E-state index is 13.1. The maximum Gasteiger partial charge on any atom is 0.264 e. The molecule has 5 amide bonds. The first-order chi connectivity index (χ1) is 18.5. The minimum absolute atomic E-state index is 0.0602. The summed E-state index contributed by atoms with van der Waals surface area (Å²) in [6, 6.07) is 13.4. The summed E-state index contributed by atoms with van der Waals surface area (Å²) in [4.78, 5) is 62.5. The average Bonchev–Trinajstić information content (AvgIpc) is 3.16. The highest BCUT2D eigenvalue weighted by Crippen LogP contribution is 2.32. The number of ether oxygens (including phenoxy) is 2. The van der Waals surface area contributed by atoms with Crippen LogP contribution < -0.4 is 16.0 Å². The van der Waals surface area contributed by atoms with Gasteiger partial charge in [0.2, 0.25) is 17.7 Å². The molecule has 200 valence electrons. The number of imide groups is 2. The van der Waals surface area contributed by atoms with Gasteiger partial charge in [-0.15, -0.1) is 0 Å². The molecule has 0 aromatic heterocycles. The van der Waals surface area contributed by atoms with Crippen LogP contribution in [-0.4, -0.2) is 80.0 Å². The Kier molecular flexibility index (Phi) is 9.17. The van der Waals surface area contributed by atoms with E-state index in [-0.39, 0.29) is 29.9 Å². The van der Waals surface area contributed by atoms with Gasteiger partial charge in [-0.2, -0.15) is 0 Å². The third-order valence-corrected chi connectivity index (χ3v) is 6.18. The monoisotopic (exact) mass is 522 g/mol. The molecule has 0 saturated carbocycles. The zero-order chi connectivity index (χ0) is 26.9. The van der Waals surface area contributed by atoms with Gasteiger partial charge >= 0.3 is 0 Å². The van der Waals surface area contributed by atoms with E-state index in [1.165, 1.54) is 0 Å². The van der Waals surface area contributed by atoms with E-state index < -0.39 is 29.7 Å². The highest BCUT2D eigenvalue weighted by Gasteiger charge is 2.45. The van der Waals surface area contributed by atoms with E-state index >= 15 is 0 Å². The van der Waals surface area contributed by atoms with Crippen molar-refractivity contribution < 1.29 is 33.4 Å². The van der Waals surface area contributed by atoms with Gasteiger partial charge in [0.25, 0.3) is 11.8 Å². The molecule has 3 N–H and O–H groups in total. The van der Waals surface area contributed by atoms with Gasteiger partial charge in [0, 0.05) is 25.2 Å². The number of hydrogen-bond donors (Lipinski definition) is 3. The van der Waals surface area contributed by atoms with Crippen molar-refractivity contribution in [2.45, 2.75) is 25.3 Å². The van der Waals surface area contributed by atoms with Gasteiger partial charge in [-0.3, -0.25) is 34.2 Å². The summed E-state index contributed by atoms with van der Waals surface area (Å²) in [6.07, 6.45) is 0.504. The second kappa shape index (κ2) is 12.9. The van der Waals surface area contributed by atoms with Crippen LogP contribution in [0.15, 0.2) is 48.5 Å². The molecule has 2 heterocycles. The normalized spacial score (nSPS) is 16.8. The minimum Gasteiger partial charge on any atom is -0.382 e. The smallest absolute Gasteiger partial charge is 0.264 e. The number of benzene rings is 2. The number of rotatable bonds is 13. The second-order valence-corrected chi connectivity index (χ2v) is 8.84. The highest BCUT2D eigenvalue weighted by atomic mass is 16.5. The van der Waals surface area contributed by atoms with Crippen molar-refractivity contribution in [1.29, 1.82) is 0 Å². The van der Waals surface area contributed by atoms with Crippen LogP contribution in [0.4, 0.5) is 5.69 Å². The van der Waals surface area contributed by atoms with Gasteiger partial charge in [0.1, 0.15) is 6.04 Å². The van der Waals surface area contributed by atoms with Crippen LogP contribution in [0.1, 0.15) is 39.1 Å². The first-order valence-electron chi connectivity index (χ1n) is 12.5. The predicted molar refractivity (Wildman–Crippen MR) is 136 cm³/mol. The minimum atomic E-state index is -1.01. The lowest BCUT2D eigenvalue weighted by atomic mass is 10.0. The molecule has 11 heteroatoms. The summed E-state index contributed by atoms with van der Waals surface area (Å²) in [7, 11) is 0. The van der Waals surface area contributed by atoms with E-state index in [1.807, 2.05) is 30.3 Å². The number of fused-ring (bicyclic) bond motifs is 1. The number of piperidine rings is 1. The Labute approximate surface area is 219 Å². The van der Waals surface area contributed by atoms with Gasteiger partial charge < -0.3 is 20.1 Å². The zero-order valence-electron chi connectivity index (χ0n) is 20.9. The summed E-state index contributed by atoms with van der Waals surface area (Å²) in [5.41, 5.74) is 1.85. The lowest BCUT2D eigenvalue weighted by Gasteiger charge is -2.27. The molecule has 1 unspecified atom stereocenters.